The second-order valence-electron chi connectivity index (χ2n) is 12.8. The number of rotatable bonds is 30. The van der Waals surface area contributed by atoms with E-state index in [0.29, 0.717) is 12.8 Å². The number of benzene rings is 1. The Hall–Kier alpha value is -1.92. The van der Waals surface area contributed by atoms with Gasteiger partial charge >= 0.3 is 11.9 Å². The first-order valence-electron chi connectivity index (χ1n) is 18.2. The van der Waals surface area contributed by atoms with Crippen LogP contribution in [0.3, 0.4) is 0 Å². The summed E-state index contributed by atoms with van der Waals surface area (Å²) in [5, 5.41) is 20.4. The van der Waals surface area contributed by atoms with E-state index in [0.717, 1.165) is 36.8 Å². The van der Waals surface area contributed by atoms with Gasteiger partial charge in [-0.2, -0.15) is 0 Å². The first kappa shape index (κ1) is 40.1. The summed E-state index contributed by atoms with van der Waals surface area (Å²) in [5.41, 5.74) is 1.68. The number of hydrogen-bond acceptors (Lipinski definition) is 6. The maximum Gasteiger partial charge on any atom is 0.308 e. The highest BCUT2D eigenvalue weighted by Crippen LogP contribution is 2.15. The number of aliphatic hydroxyl groups excluding tert-OH is 2. The van der Waals surface area contributed by atoms with Crippen LogP contribution in [0.4, 0.5) is 0 Å². The molecule has 0 radical (unpaired) electrons. The standard InChI is InChI=1S/C38H66O6/c1-3-5-7-9-11-13-15-17-19-21-23-35(39)29-37(41)43-31-33-25-27-34(28-26-33)32-44-38(42)30-36(40)24-22-20-18-16-14-12-10-8-6-4-2/h25-28,35-36,39-40H,3-24,29-32H2,1-2H3. The summed E-state index contributed by atoms with van der Waals surface area (Å²) in [7, 11) is 0. The molecule has 1 rings (SSSR count). The quantitative estimate of drug-likeness (QED) is 0.0658. The molecule has 0 aliphatic carbocycles. The molecule has 2 unspecified atom stereocenters. The molecule has 1 aromatic carbocycles. The lowest BCUT2D eigenvalue weighted by molar-refractivity contribution is -0.148. The van der Waals surface area contributed by atoms with E-state index in [1.807, 2.05) is 24.3 Å². The lowest BCUT2D eigenvalue weighted by Crippen LogP contribution is -2.16. The van der Waals surface area contributed by atoms with Crippen molar-refractivity contribution in [3.8, 4) is 0 Å². The predicted octanol–water partition coefficient (Wildman–Crippen LogP) is 9.90. The maximum atomic E-state index is 12.1. The van der Waals surface area contributed by atoms with E-state index in [9.17, 15) is 19.8 Å². The largest absolute Gasteiger partial charge is 0.461 e. The number of carbonyl (C=O) groups is 2. The van der Waals surface area contributed by atoms with Gasteiger partial charge in [0.05, 0.1) is 25.0 Å². The topological polar surface area (TPSA) is 93.1 Å². The summed E-state index contributed by atoms with van der Waals surface area (Å²) in [4.78, 5) is 24.3. The minimum absolute atomic E-state index is 0.0243. The van der Waals surface area contributed by atoms with Crippen molar-refractivity contribution in [3.05, 3.63) is 35.4 Å². The molecular weight excluding hydrogens is 552 g/mol. The Labute approximate surface area is 269 Å². The predicted molar refractivity (Wildman–Crippen MR) is 180 cm³/mol. The average Bonchev–Trinajstić information content (AvgIpc) is 3.01. The highest BCUT2D eigenvalue weighted by Gasteiger charge is 2.13. The van der Waals surface area contributed by atoms with Crippen LogP contribution in [0, 0.1) is 0 Å². The van der Waals surface area contributed by atoms with E-state index in [2.05, 4.69) is 13.8 Å². The summed E-state index contributed by atoms with van der Waals surface area (Å²) in [6, 6.07) is 7.38. The molecule has 0 fully saturated rings. The third kappa shape index (κ3) is 24.4. The molecule has 1 aromatic rings. The van der Waals surface area contributed by atoms with Gasteiger partial charge in [-0.05, 0) is 24.0 Å². The molecule has 0 bridgehead atoms. The number of aliphatic hydroxyl groups is 2. The Balaban J connectivity index is 2.06. The van der Waals surface area contributed by atoms with Crippen LogP contribution in [0.5, 0.6) is 0 Å². The van der Waals surface area contributed by atoms with E-state index in [4.69, 9.17) is 9.47 Å². The van der Waals surface area contributed by atoms with Crippen molar-refractivity contribution in [2.45, 2.75) is 193 Å². The van der Waals surface area contributed by atoms with Crippen LogP contribution in [0.1, 0.15) is 179 Å². The molecule has 0 aliphatic heterocycles. The SMILES string of the molecule is CCCCCCCCCCCCC(O)CC(=O)OCc1ccc(COC(=O)CC(O)CCCCCCCCCCCC)cc1. The molecule has 44 heavy (non-hydrogen) atoms. The van der Waals surface area contributed by atoms with Gasteiger partial charge in [-0.1, -0.05) is 167 Å². The van der Waals surface area contributed by atoms with Crippen molar-refractivity contribution in [1.29, 1.82) is 0 Å². The van der Waals surface area contributed by atoms with Crippen LogP contribution in [0.2, 0.25) is 0 Å². The molecule has 6 heteroatoms. The molecule has 0 aromatic heterocycles. The van der Waals surface area contributed by atoms with Crippen molar-refractivity contribution < 1.29 is 29.3 Å². The van der Waals surface area contributed by atoms with Crippen LogP contribution in [-0.2, 0) is 32.3 Å². The fourth-order valence-corrected chi connectivity index (χ4v) is 5.50. The zero-order valence-electron chi connectivity index (χ0n) is 28.4. The minimum atomic E-state index is -0.651. The molecule has 0 aliphatic rings. The Morgan fingerprint density at radius 3 is 1.07 bits per heavy atom. The molecule has 0 saturated heterocycles. The summed E-state index contributed by atoms with van der Waals surface area (Å²) in [5.74, 6) is -0.780. The Morgan fingerprint density at radius 2 is 0.773 bits per heavy atom. The normalized spacial score (nSPS) is 12.6. The van der Waals surface area contributed by atoms with Gasteiger partial charge in [0.15, 0.2) is 0 Å². The molecule has 254 valence electrons. The average molecular weight is 619 g/mol. The fraction of sp³-hybridized carbons (Fsp3) is 0.789. The van der Waals surface area contributed by atoms with Gasteiger partial charge in [-0.25, -0.2) is 0 Å². The number of hydrogen-bond donors (Lipinski definition) is 2. The molecular formula is C38H66O6. The second-order valence-corrected chi connectivity index (χ2v) is 12.8. The Bertz CT molecular complexity index is 741. The van der Waals surface area contributed by atoms with Crippen LogP contribution >= 0.6 is 0 Å². The zero-order valence-corrected chi connectivity index (χ0v) is 28.4. The van der Waals surface area contributed by atoms with E-state index in [1.165, 1.54) is 103 Å². The zero-order chi connectivity index (χ0) is 32.1. The molecule has 0 heterocycles. The molecule has 2 N–H and O–H groups in total. The number of unbranched alkanes of at least 4 members (excludes halogenated alkanes) is 18. The van der Waals surface area contributed by atoms with E-state index < -0.39 is 12.2 Å². The number of carbonyl (C=O) groups excluding carboxylic acids is 2. The van der Waals surface area contributed by atoms with Gasteiger partial charge in [0.1, 0.15) is 13.2 Å². The van der Waals surface area contributed by atoms with E-state index >= 15 is 0 Å². The van der Waals surface area contributed by atoms with Gasteiger partial charge in [0.25, 0.3) is 0 Å². The number of ether oxygens (including phenoxy) is 2. The first-order valence-corrected chi connectivity index (χ1v) is 18.2. The summed E-state index contributed by atoms with van der Waals surface area (Å²) in [6.45, 7) is 4.78. The Morgan fingerprint density at radius 1 is 0.500 bits per heavy atom. The van der Waals surface area contributed by atoms with Gasteiger partial charge in [0.2, 0.25) is 0 Å². The molecule has 6 nitrogen and oxygen atoms in total. The smallest absolute Gasteiger partial charge is 0.308 e. The highest BCUT2D eigenvalue weighted by atomic mass is 16.5. The van der Waals surface area contributed by atoms with Crippen molar-refractivity contribution in [2.24, 2.45) is 0 Å². The third-order valence-electron chi connectivity index (χ3n) is 8.41. The monoisotopic (exact) mass is 618 g/mol. The summed E-state index contributed by atoms with van der Waals surface area (Å²) < 4.78 is 10.7. The molecule has 0 amide bonds. The van der Waals surface area contributed by atoms with E-state index in [1.54, 1.807) is 0 Å². The lowest BCUT2D eigenvalue weighted by atomic mass is 10.0. The lowest BCUT2D eigenvalue weighted by Gasteiger charge is -2.12. The third-order valence-corrected chi connectivity index (χ3v) is 8.41. The van der Waals surface area contributed by atoms with Gasteiger partial charge in [-0.15, -0.1) is 0 Å². The summed E-state index contributed by atoms with van der Waals surface area (Å²) >= 11 is 0. The van der Waals surface area contributed by atoms with Crippen LogP contribution in [-0.4, -0.2) is 34.4 Å². The van der Waals surface area contributed by atoms with Crippen LogP contribution < -0.4 is 0 Å². The van der Waals surface area contributed by atoms with Gasteiger partial charge in [0, 0.05) is 0 Å². The van der Waals surface area contributed by atoms with Crippen molar-refractivity contribution in [3.63, 3.8) is 0 Å². The molecule has 2 atom stereocenters. The van der Waals surface area contributed by atoms with Gasteiger partial charge in [-0.3, -0.25) is 9.59 Å². The Kier molecular flexibility index (Phi) is 26.0. The number of esters is 2. The van der Waals surface area contributed by atoms with Crippen LogP contribution in [0.25, 0.3) is 0 Å². The van der Waals surface area contributed by atoms with Crippen LogP contribution in [0.15, 0.2) is 24.3 Å². The summed E-state index contributed by atoms with van der Waals surface area (Å²) in [6.07, 6.45) is 24.9. The fourth-order valence-electron chi connectivity index (χ4n) is 5.50. The molecule has 0 spiro atoms. The van der Waals surface area contributed by atoms with Crippen molar-refractivity contribution in [2.75, 3.05) is 0 Å². The second kappa shape index (κ2) is 28.5. The van der Waals surface area contributed by atoms with E-state index in [-0.39, 0.29) is 38.0 Å². The molecule has 0 saturated carbocycles. The highest BCUT2D eigenvalue weighted by molar-refractivity contribution is 5.70. The first-order chi connectivity index (χ1) is 21.4. The maximum absolute atomic E-state index is 12.1. The van der Waals surface area contributed by atoms with Crippen molar-refractivity contribution >= 4 is 11.9 Å². The van der Waals surface area contributed by atoms with Gasteiger partial charge < -0.3 is 19.7 Å². The van der Waals surface area contributed by atoms with Crippen molar-refractivity contribution in [1.82, 2.24) is 0 Å². The minimum Gasteiger partial charge on any atom is -0.461 e.